The van der Waals surface area contributed by atoms with Gasteiger partial charge in [-0.05, 0) is 54.6 Å². The van der Waals surface area contributed by atoms with Crippen LogP contribution in [0.5, 0.6) is 11.5 Å². The van der Waals surface area contributed by atoms with Crippen molar-refractivity contribution in [2.45, 2.75) is 18.6 Å². The Labute approximate surface area is 224 Å². The van der Waals surface area contributed by atoms with Gasteiger partial charge in [0.25, 0.3) is 0 Å². The van der Waals surface area contributed by atoms with Crippen molar-refractivity contribution >= 4 is 29.2 Å². The zero-order valence-corrected chi connectivity index (χ0v) is 21.4. The number of hydrogen-bond donors (Lipinski definition) is 2. The first kappa shape index (κ1) is 25.4. The molecule has 1 amide bonds. The van der Waals surface area contributed by atoms with Crippen LogP contribution in [0, 0.1) is 0 Å². The van der Waals surface area contributed by atoms with Crippen molar-refractivity contribution in [2.24, 2.45) is 0 Å². The van der Waals surface area contributed by atoms with Crippen molar-refractivity contribution in [3.8, 4) is 17.2 Å². The van der Waals surface area contributed by atoms with Crippen LogP contribution < -0.4 is 14.8 Å². The number of fused-ring (bicyclic) bond motifs is 3. The highest BCUT2D eigenvalue weighted by molar-refractivity contribution is 6.30. The predicted octanol–water partition coefficient (Wildman–Crippen LogP) is 6.04. The molecule has 0 unspecified atom stereocenters. The van der Waals surface area contributed by atoms with Crippen LogP contribution in [0.2, 0.25) is 5.02 Å². The number of amides is 1. The molecule has 2 heterocycles. The molecule has 0 bridgehead atoms. The Morgan fingerprint density at radius 1 is 1.00 bits per heavy atom. The van der Waals surface area contributed by atoms with Gasteiger partial charge in [-0.1, -0.05) is 29.8 Å². The van der Waals surface area contributed by atoms with Crippen LogP contribution in [0.4, 0.5) is 5.69 Å². The second kappa shape index (κ2) is 10.6. The number of aromatic carboxylic acids is 1. The van der Waals surface area contributed by atoms with E-state index >= 15 is 0 Å². The lowest BCUT2D eigenvalue weighted by atomic mass is 9.98. The first-order valence-corrected chi connectivity index (χ1v) is 12.2. The molecule has 1 aliphatic heterocycles. The molecule has 8 nitrogen and oxygen atoms in total. The summed E-state index contributed by atoms with van der Waals surface area (Å²) in [6, 6.07) is 21.0. The number of carboxylic acids is 1. The highest BCUT2D eigenvalue weighted by Crippen LogP contribution is 2.46. The standard InChI is InChI=1S/C29H25ClN2O6/c1-36-24-10-4-8-20(28(24)37-2)27-21-15-18(30)11-12-22(21)32-13-5-9-23(32)25(38-27)16-26(33)31-19-7-3-6-17(14-19)29(34)35/h3-15,25,27H,16H2,1-2H3,(H,31,33)(H,34,35)/t25-,27-/m1/s1. The van der Waals surface area contributed by atoms with E-state index in [1.807, 2.05) is 53.2 Å². The van der Waals surface area contributed by atoms with E-state index in [2.05, 4.69) is 5.32 Å². The van der Waals surface area contributed by atoms with Crippen molar-refractivity contribution in [3.05, 3.63) is 106 Å². The lowest BCUT2D eigenvalue weighted by Crippen LogP contribution is -2.19. The van der Waals surface area contributed by atoms with E-state index in [-0.39, 0.29) is 17.9 Å². The zero-order valence-electron chi connectivity index (χ0n) is 20.7. The summed E-state index contributed by atoms with van der Waals surface area (Å²) >= 11 is 6.44. The molecule has 3 aromatic carbocycles. The fraction of sp³-hybridized carbons (Fsp3) is 0.172. The third kappa shape index (κ3) is 4.83. The molecule has 0 fully saturated rings. The number of para-hydroxylation sites is 1. The molecule has 9 heteroatoms. The molecule has 1 aromatic heterocycles. The molecule has 2 atom stereocenters. The third-order valence-electron chi connectivity index (χ3n) is 6.42. The molecular formula is C29H25ClN2O6. The number of ether oxygens (including phenoxy) is 3. The fourth-order valence-electron chi connectivity index (χ4n) is 4.76. The van der Waals surface area contributed by atoms with E-state index in [4.69, 9.17) is 25.8 Å². The molecule has 0 radical (unpaired) electrons. The van der Waals surface area contributed by atoms with Gasteiger partial charge in [0.15, 0.2) is 11.5 Å². The van der Waals surface area contributed by atoms with E-state index in [0.29, 0.717) is 22.2 Å². The second-order valence-electron chi connectivity index (χ2n) is 8.73. The molecule has 38 heavy (non-hydrogen) atoms. The number of benzene rings is 3. The fourth-order valence-corrected chi connectivity index (χ4v) is 4.94. The monoisotopic (exact) mass is 532 g/mol. The van der Waals surface area contributed by atoms with Gasteiger partial charge in [-0.3, -0.25) is 4.79 Å². The smallest absolute Gasteiger partial charge is 0.335 e. The van der Waals surface area contributed by atoms with E-state index < -0.39 is 18.2 Å². The quantitative estimate of drug-likeness (QED) is 0.301. The van der Waals surface area contributed by atoms with Crippen LogP contribution in [-0.2, 0) is 9.53 Å². The highest BCUT2D eigenvalue weighted by atomic mass is 35.5. The van der Waals surface area contributed by atoms with Crippen LogP contribution in [-0.4, -0.2) is 35.8 Å². The Hall–Kier alpha value is -4.27. The van der Waals surface area contributed by atoms with Gasteiger partial charge in [0.2, 0.25) is 5.91 Å². The van der Waals surface area contributed by atoms with Crippen LogP contribution in [0.3, 0.4) is 0 Å². The van der Waals surface area contributed by atoms with E-state index in [0.717, 1.165) is 22.5 Å². The summed E-state index contributed by atoms with van der Waals surface area (Å²) in [5.41, 5.74) is 3.65. The zero-order chi connectivity index (χ0) is 26.8. The SMILES string of the molecule is COc1cccc([C@H]2O[C@H](CC(=O)Nc3cccc(C(=O)O)c3)c3cccn3-c3ccc(Cl)cc32)c1OC. The van der Waals surface area contributed by atoms with Crippen LogP contribution in [0.25, 0.3) is 5.69 Å². The van der Waals surface area contributed by atoms with Crippen LogP contribution >= 0.6 is 11.6 Å². The molecule has 5 rings (SSSR count). The van der Waals surface area contributed by atoms with E-state index in [1.54, 1.807) is 32.4 Å². The Bertz CT molecular complexity index is 1510. The maximum atomic E-state index is 13.2. The number of methoxy groups -OCH3 is 2. The number of hydrogen-bond acceptors (Lipinski definition) is 5. The van der Waals surface area contributed by atoms with Crippen molar-refractivity contribution < 1.29 is 28.9 Å². The molecule has 0 saturated heterocycles. The number of rotatable bonds is 7. The van der Waals surface area contributed by atoms with Crippen LogP contribution in [0.1, 0.15) is 45.8 Å². The van der Waals surface area contributed by atoms with Gasteiger partial charge >= 0.3 is 5.97 Å². The normalized spacial score (nSPS) is 16.1. The molecule has 0 spiro atoms. The van der Waals surface area contributed by atoms with Crippen LogP contribution in [0.15, 0.2) is 79.0 Å². The first-order chi connectivity index (χ1) is 18.4. The van der Waals surface area contributed by atoms with E-state index in [1.165, 1.54) is 12.1 Å². The Kier molecular flexibility index (Phi) is 7.09. The summed E-state index contributed by atoms with van der Waals surface area (Å²) in [6.45, 7) is 0. The molecule has 4 aromatic rings. The molecule has 194 valence electrons. The average molecular weight is 533 g/mol. The van der Waals surface area contributed by atoms with Gasteiger partial charge in [0.1, 0.15) is 12.2 Å². The number of aromatic nitrogens is 1. The maximum absolute atomic E-state index is 13.2. The number of carbonyl (C=O) groups excluding carboxylic acids is 1. The highest BCUT2D eigenvalue weighted by Gasteiger charge is 2.34. The summed E-state index contributed by atoms with van der Waals surface area (Å²) < 4.78 is 19.9. The third-order valence-corrected chi connectivity index (χ3v) is 6.66. The number of carbonyl (C=O) groups is 2. The van der Waals surface area contributed by atoms with Gasteiger partial charge in [0.05, 0.1) is 37.6 Å². The van der Waals surface area contributed by atoms with Gasteiger partial charge in [-0.25, -0.2) is 4.79 Å². The predicted molar refractivity (Wildman–Crippen MR) is 143 cm³/mol. The largest absolute Gasteiger partial charge is 0.493 e. The summed E-state index contributed by atoms with van der Waals surface area (Å²) in [4.78, 5) is 24.5. The number of nitrogens with zero attached hydrogens (tertiary/aromatic N) is 1. The lowest BCUT2D eigenvalue weighted by molar-refractivity contribution is -0.120. The molecular weight excluding hydrogens is 508 g/mol. The minimum atomic E-state index is -1.07. The number of nitrogens with one attached hydrogen (secondary N) is 1. The van der Waals surface area contributed by atoms with Crippen molar-refractivity contribution in [1.29, 1.82) is 0 Å². The van der Waals surface area contributed by atoms with Gasteiger partial charge in [-0.15, -0.1) is 0 Å². The summed E-state index contributed by atoms with van der Waals surface area (Å²) in [5, 5.41) is 12.6. The number of anilines is 1. The van der Waals surface area contributed by atoms with Gasteiger partial charge in [-0.2, -0.15) is 0 Å². The Morgan fingerprint density at radius 3 is 2.58 bits per heavy atom. The summed E-state index contributed by atoms with van der Waals surface area (Å²) in [5.74, 6) is -0.331. The lowest BCUT2D eigenvalue weighted by Gasteiger charge is -2.25. The number of halogens is 1. The van der Waals surface area contributed by atoms with Crippen molar-refractivity contribution in [3.63, 3.8) is 0 Å². The molecule has 2 N–H and O–H groups in total. The van der Waals surface area contributed by atoms with Crippen molar-refractivity contribution in [2.75, 3.05) is 19.5 Å². The Morgan fingerprint density at radius 2 is 1.82 bits per heavy atom. The number of carboxylic acid groups (broad SMARTS) is 1. The second-order valence-corrected chi connectivity index (χ2v) is 9.17. The average Bonchev–Trinajstić information content (AvgIpc) is 3.36. The van der Waals surface area contributed by atoms with Gasteiger partial charge < -0.3 is 29.2 Å². The first-order valence-electron chi connectivity index (χ1n) is 11.9. The molecule has 1 aliphatic rings. The molecule has 0 aliphatic carbocycles. The Balaban J connectivity index is 1.55. The maximum Gasteiger partial charge on any atom is 0.335 e. The summed E-state index contributed by atoms with van der Waals surface area (Å²) in [6.07, 6.45) is 0.602. The topological polar surface area (TPSA) is 99.0 Å². The van der Waals surface area contributed by atoms with Gasteiger partial charge in [0, 0.05) is 28.0 Å². The summed E-state index contributed by atoms with van der Waals surface area (Å²) in [7, 11) is 3.13. The van der Waals surface area contributed by atoms with E-state index in [9.17, 15) is 14.7 Å². The minimum absolute atomic E-state index is 0.0220. The van der Waals surface area contributed by atoms with Crippen molar-refractivity contribution in [1.82, 2.24) is 4.57 Å². The minimum Gasteiger partial charge on any atom is -0.493 e. The molecule has 0 saturated carbocycles.